The molecule has 0 aliphatic heterocycles. The van der Waals surface area contributed by atoms with Gasteiger partial charge in [-0.15, -0.1) is 0 Å². The van der Waals surface area contributed by atoms with Crippen LogP contribution in [-0.4, -0.2) is 18.4 Å². The third kappa shape index (κ3) is 4.21. The van der Waals surface area contributed by atoms with Crippen molar-refractivity contribution < 1.29 is 9.18 Å². The molecule has 2 N–H and O–H groups in total. The van der Waals surface area contributed by atoms with Gasteiger partial charge >= 0.3 is 0 Å². The molecule has 6 heteroatoms. The molecule has 1 amide bonds. The maximum Gasteiger partial charge on any atom is 0.226 e. The molecule has 0 spiro atoms. The molecule has 1 aliphatic carbocycles. The first-order valence-corrected chi connectivity index (χ1v) is 8.85. The van der Waals surface area contributed by atoms with Gasteiger partial charge in [0, 0.05) is 24.6 Å². The summed E-state index contributed by atoms with van der Waals surface area (Å²) < 4.78 is 13.4. The fourth-order valence-corrected chi connectivity index (χ4v) is 3.52. The first-order valence-electron chi connectivity index (χ1n) is 8.47. The summed E-state index contributed by atoms with van der Waals surface area (Å²) in [6.07, 6.45) is 0.377. The summed E-state index contributed by atoms with van der Waals surface area (Å²) in [4.78, 5) is 15.9. The number of carbonyl (C=O) groups excluding carboxylic acids is 1. The molecule has 0 radical (unpaired) electrons. The van der Waals surface area contributed by atoms with E-state index in [1.165, 1.54) is 6.07 Å². The summed E-state index contributed by atoms with van der Waals surface area (Å²) in [5.74, 6) is 0.198. The van der Waals surface area contributed by atoms with Crippen molar-refractivity contribution in [2.75, 3.05) is 6.54 Å². The van der Waals surface area contributed by atoms with E-state index in [0.29, 0.717) is 18.9 Å². The summed E-state index contributed by atoms with van der Waals surface area (Å²) in [6.45, 7) is 12.6. The Kier molecular flexibility index (Phi) is 5.88. The maximum atomic E-state index is 13.4. The van der Waals surface area contributed by atoms with Crippen LogP contribution in [0.3, 0.4) is 0 Å². The van der Waals surface area contributed by atoms with Crippen LogP contribution in [0.5, 0.6) is 0 Å². The molecule has 0 aromatic heterocycles. The van der Waals surface area contributed by atoms with Crippen molar-refractivity contribution >= 4 is 23.5 Å². The number of aliphatic imine (C=N–C) groups is 1. The molecule has 2 atom stereocenters. The number of benzene rings is 1. The molecule has 0 saturated heterocycles. The van der Waals surface area contributed by atoms with Crippen molar-refractivity contribution in [1.82, 2.24) is 10.6 Å². The zero-order valence-corrected chi connectivity index (χ0v) is 15.9. The van der Waals surface area contributed by atoms with Crippen LogP contribution in [0.1, 0.15) is 45.6 Å². The average Bonchev–Trinajstić information content (AvgIpc) is 3.12. The molecule has 4 nitrogen and oxygen atoms in total. The Morgan fingerprint density at radius 1 is 1.36 bits per heavy atom. The smallest absolute Gasteiger partial charge is 0.226 e. The number of amides is 1. The van der Waals surface area contributed by atoms with Crippen molar-refractivity contribution in [2.24, 2.45) is 16.3 Å². The largest absolute Gasteiger partial charge is 0.330 e. The van der Waals surface area contributed by atoms with Gasteiger partial charge in [-0.05, 0) is 36.0 Å². The molecule has 1 aromatic rings. The second kappa shape index (κ2) is 7.56. The highest BCUT2D eigenvalue weighted by Crippen LogP contribution is 2.66. The molecule has 0 bridgehead atoms. The summed E-state index contributed by atoms with van der Waals surface area (Å²) in [7, 11) is 0. The van der Waals surface area contributed by atoms with Crippen LogP contribution >= 0.6 is 11.6 Å². The molecule has 136 valence electrons. The van der Waals surface area contributed by atoms with Gasteiger partial charge in [0.2, 0.25) is 11.9 Å². The molecule has 2 rings (SSSR count). The van der Waals surface area contributed by atoms with Crippen LogP contribution in [-0.2, 0) is 4.79 Å². The SMILES string of the molecule is C=C(NC(=NCC)NC(=O)CC)[C@H]1[C@H](c2ccc(F)c(Cl)c2)C1(C)C. The molecule has 1 fully saturated rings. The topological polar surface area (TPSA) is 53.5 Å². The van der Waals surface area contributed by atoms with Crippen LogP contribution < -0.4 is 10.6 Å². The van der Waals surface area contributed by atoms with E-state index in [1.54, 1.807) is 19.1 Å². The summed E-state index contributed by atoms with van der Waals surface area (Å²) in [5, 5.41) is 6.02. The van der Waals surface area contributed by atoms with Crippen LogP contribution in [0, 0.1) is 17.2 Å². The predicted octanol–water partition coefficient (Wildman–Crippen LogP) is 4.22. The zero-order chi connectivity index (χ0) is 18.8. The van der Waals surface area contributed by atoms with Gasteiger partial charge in [-0.25, -0.2) is 4.39 Å². The van der Waals surface area contributed by atoms with Crippen molar-refractivity contribution in [3.63, 3.8) is 0 Å². The lowest BCUT2D eigenvalue weighted by molar-refractivity contribution is -0.119. The Hall–Kier alpha value is -1.88. The van der Waals surface area contributed by atoms with E-state index in [0.717, 1.165) is 11.3 Å². The van der Waals surface area contributed by atoms with Crippen molar-refractivity contribution in [3.05, 3.63) is 46.9 Å². The summed E-state index contributed by atoms with van der Waals surface area (Å²) in [5.41, 5.74) is 1.71. The first-order chi connectivity index (χ1) is 11.7. The van der Waals surface area contributed by atoms with E-state index < -0.39 is 5.82 Å². The Morgan fingerprint density at radius 3 is 2.60 bits per heavy atom. The molecule has 1 aromatic carbocycles. The Labute approximate surface area is 153 Å². The highest BCUT2D eigenvalue weighted by molar-refractivity contribution is 6.30. The average molecular weight is 366 g/mol. The minimum absolute atomic E-state index is 0.0443. The van der Waals surface area contributed by atoms with Crippen molar-refractivity contribution in [2.45, 2.75) is 40.0 Å². The van der Waals surface area contributed by atoms with E-state index in [-0.39, 0.29) is 28.2 Å². The molecular weight excluding hydrogens is 341 g/mol. The van der Waals surface area contributed by atoms with Gasteiger partial charge in [-0.2, -0.15) is 0 Å². The highest BCUT2D eigenvalue weighted by Gasteiger charge is 2.59. The number of nitrogens with one attached hydrogen (secondary N) is 2. The third-order valence-electron chi connectivity index (χ3n) is 4.68. The van der Waals surface area contributed by atoms with Crippen molar-refractivity contribution in [1.29, 1.82) is 0 Å². The van der Waals surface area contributed by atoms with Gasteiger partial charge in [0.25, 0.3) is 0 Å². The minimum Gasteiger partial charge on any atom is -0.330 e. The van der Waals surface area contributed by atoms with Crippen LogP contribution in [0.2, 0.25) is 5.02 Å². The summed E-state index contributed by atoms with van der Waals surface area (Å²) in [6, 6.07) is 4.84. The Bertz CT molecular complexity index is 715. The van der Waals surface area contributed by atoms with E-state index in [2.05, 4.69) is 36.1 Å². The lowest BCUT2D eigenvalue weighted by Crippen LogP contribution is -2.40. The zero-order valence-electron chi connectivity index (χ0n) is 15.1. The fourth-order valence-electron chi connectivity index (χ4n) is 3.33. The molecular formula is C19H25ClFN3O. The van der Waals surface area contributed by atoms with E-state index >= 15 is 0 Å². The van der Waals surface area contributed by atoms with Crippen molar-refractivity contribution in [3.8, 4) is 0 Å². The number of allylic oxidation sites excluding steroid dienone is 1. The van der Waals surface area contributed by atoms with E-state index in [9.17, 15) is 9.18 Å². The normalized spacial score (nSPS) is 21.6. The van der Waals surface area contributed by atoms with Gasteiger partial charge in [-0.3, -0.25) is 15.1 Å². The third-order valence-corrected chi connectivity index (χ3v) is 4.97. The van der Waals surface area contributed by atoms with E-state index in [1.807, 2.05) is 6.92 Å². The fraction of sp³-hybridized carbons (Fsp3) is 0.474. The molecule has 0 heterocycles. The number of halogens is 2. The van der Waals surface area contributed by atoms with Gasteiger partial charge in [0.15, 0.2) is 0 Å². The van der Waals surface area contributed by atoms with E-state index in [4.69, 9.17) is 11.6 Å². The lowest BCUT2D eigenvalue weighted by atomic mass is 10.0. The standard InChI is InChI=1S/C19H25ClFN3O/c1-6-15(25)24-18(22-7-2)23-11(3)16-17(19(16,4)5)12-8-9-14(21)13(20)10-12/h8-10,16-17H,3,6-7H2,1-2,4-5H3,(H2,22,23,24,25)/t16-,17-/m0/s1. The number of hydrogen-bond donors (Lipinski definition) is 2. The Balaban J connectivity index is 2.14. The minimum atomic E-state index is -0.419. The molecule has 1 saturated carbocycles. The number of hydrogen-bond acceptors (Lipinski definition) is 2. The van der Waals surface area contributed by atoms with Crippen LogP contribution in [0.25, 0.3) is 0 Å². The molecule has 1 aliphatic rings. The highest BCUT2D eigenvalue weighted by atomic mass is 35.5. The number of nitrogens with zero attached hydrogens (tertiary/aromatic N) is 1. The quantitative estimate of drug-likeness (QED) is 0.606. The Morgan fingerprint density at radius 2 is 2.04 bits per heavy atom. The second-order valence-electron chi connectivity index (χ2n) is 6.83. The first kappa shape index (κ1) is 19.4. The van der Waals surface area contributed by atoms with Gasteiger partial charge < -0.3 is 5.32 Å². The van der Waals surface area contributed by atoms with Gasteiger partial charge in [0.1, 0.15) is 5.82 Å². The number of rotatable bonds is 5. The maximum absolute atomic E-state index is 13.4. The van der Waals surface area contributed by atoms with Gasteiger partial charge in [-0.1, -0.05) is 45.0 Å². The van der Waals surface area contributed by atoms with Crippen LogP contribution in [0.15, 0.2) is 35.5 Å². The number of carbonyl (C=O) groups is 1. The second-order valence-corrected chi connectivity index (χ2v) is 7.23. The monoisotopic (exact) mass is 365 g/mol. The predicted molar refractivity (Wildman–Crippen MR) is 100 cm³/mol. The van der Waals surface area contributed by atoms with Crippen LogP contribution in [0.4, 0.5) is 4.39 Å². The molecule has 25 heavy (non-hydrogen) atoms. The lowest BCUT2D eigenvalue weighted by Gasteiger charge is -2.14. The number of guanidine groups is 1. The summed E-state index contributed by atoms with van der Waals surface area (Å²) >= 11 is 5.93. The van der Waals surface area contributed by atoms with Gasteiger partial charge in [0.05, 0.1) is 5.02 Å². The molecule has 0 unspecified atom stereocenters.